The molecular formula is C13H16N2O2S. The minimum atomic E-state index is -0.134. The normalized spacial score (nSPS) is 10.9. The molecule has 3 N–H and O–H groups in total. The number of nitrogen functional groups attached to an aromatic ring is 1. The van der Waals surface area contributed by atoms with E-state index in [1.54, 1.807) is 7.11 Å². The molecule has 0 saturated carbocycles. The Morgan fingerprint density at radius 1 is 1.44 bits per heavy atom. The van der Waals surface area contributed by atoms with E-state index in [4.69, 9.17) is 10.5 Å². The highest BCUT2D eigenvalue weighted by Crippen LogP contribution is 2.39. The lowest BCUT2D eigenvalue weighted by molar-refractivity contribution is 0.0948. The number of carbonyl (C=O) groups excluding carboxylic acids is 1. The smallest absolute Gasteiger partial charge is 0.263 e. The number of amides is 1. The Hall–Kier alpha value is -1.75. The van der Waals surface area contributed by atoms with Crippen LogP contribution in [-0.2, 0) is 0 Å². The van der Waals surface area contributed by atoms with Crippen molar-refractivity contribution in [1.29, 1.82) is 0 Å². The van der Waals surface area contributed by atoms with E-state index in [9.17, 15) is 4.79 Å². The second-order valence-corrected chi connectivity index (χ2v) is 5.36. The van der Waals surface area contributed by atoms with Crippen molar-refractivity contribution in [2.24, 2.45) is 0 Å². The summed E-state index contributed by atoms with van der Waals surface area (Å²) in [5, 5.41) is 3.67. The van der Waals surface area contributed by atoms with E-state index in [1.165, 1.54) is 11.3 Å². The van der Waals surface area contributed by atoms with Crippen LogP contribution in [0.3, 0.4) is 0 Å². The highest BCUT2D eigenvalue weighted by atomic mass is 32.1. The highest BCUT2D eigenvalue weighted by Gasteiger charge is 2.19. The predicted molar refractivity (Wildman–Crippen MR) is 75.4 cm³/mol. The van der Waals surface area contributed by atoms with E-state index in [0.717, 1.165) is 10.1 Å². The van der Waals surface area contributed by atoms with Crippen LogP contribution in [0.1, 0.15) is 23.5 Å². The molecule has 0 unspecified atom stereocenters. The van der Waals surface area contributed by atoms with E-state index in [0.29, 0.717) is 16.3 Å². The first kappa shape index (κ1) is 12.7. The standard InChI is InChI=1S/C13H16N2O2S/c1-7(2)15-13(16)12-11(14)10-8(17-3)5-4-6-9(10)18-12/h4-7H,14H2,1-3H3,(H,15,16). The fourth-order valence-electron chi connectivity index (χ4n) is 1.81. The van der Waals surface area contributed by atoms with E-state index in [1.807, 2.05) is 32.0 Å². The summed E-state index contributed by atoms with van der Waals surface area (Å²) in [4.78, 5) is 12.6. The van der Waals surface area contributed by atoms with Crippen molar-refractivity contribution in [2.75, 3.05) is 12.8 Å². The fraction of sp³-hybridized carbons (Fsp3) is 0.308. The molecule has 0 saturated heterocycles. The quantitative estimate of drug-likeness (QED) is 0.895. The first-order valence-corrected chi connectivity index (χ1v) is 6.52. The molecule has 5 heteroatoms. The highest BCUT2D eigenvalue weighted by molar-refractivity contribution is 7.21. The van der Waals surface area contributed by atoms with Gasteiger partial charge in [-0.15, -0.1) is 11.3 Å². The first-order valence-electron chi connectivity index (χ1n) is 5.70. The summed E-state index contributed by atoms with van der Waals surface area (Å²) in [5.74, 6) is 0.565. The van der Waals surface area contributed by atoms with E-state index in [-0.39, 0.29) is 11.9 Å². The largest absolute Gasteiger partial charge is 0.496 e. The van der Waals surface area contributed by atoms with Crippen molar-refractivity contribution in [3.63, 3.8) is 0 Å². The van der Waals surface area contributed by atoms with Crippen LogP contribution in [0.15, 0.2) is 18.2 Å². The van der Waals surface area contributed by atoms with Crippen molar-refractivity contribution in [3.8, 4) is 5.75 Å². The third-order valence-electron chi connectivity index (χ3n) is 2.56. The molecule has 2 rings (SSSR count). The summed E-state index contributed by atoms with van der Waals surface area (Å²) in [6.07, 6.45) is 0. The summed E-state index contributed by atoms with van der Waals surface area (Å²) < 4.78 is 6.24. The summed E-state index contributed by atoms with van der Waals surface area (Å²) in [6.45, 7) is 3.84. The van der Waals surface area contributed by atoms with Gasteiger partial charge in [0, 0.05) is 10.7 Å². The van der Waals surface area contributed by atoms with Crippen molar-refractivity contribution in [3.05, 3.63) is 23.1 Å². The molecule has 1 heterocycles. The average molecular weight is 264 g/mol. The van der Waals surface area contributed by atoms with Crippen LogP contribution in [0.4, 0.5) is 5.69 Å². The molecule has 0 radical (unpaired) electrons. The molecule has 0 spiro atoms. The maximum atomic E-state index is 12.0. The Kier molecular flexibility index (Phi) is 3.43. The SMILES string of the molecule is COc1cccc2sc(C(=O)NC(C)C)c(N)c12. The van der Waals surface area contributed by atoms with Crippen LogP contribution >= 0.6 is 11.3 Å². The van der Waals surface area contributed by atoms with Gasteiger partial charge in [-0.25, -0.2) is 0 Å². The molecule has 1 amide bonds. The van der Waals surface area contributed by atoms with Crippen molar-refractivity contribution < 1.29 is 9.53 Å². The number of nitrogens with two attached hydrogens (primary N) is 1. The molecule has 0 fully saturated rings. The van der Waals surface area contributed by atoms with Gasteiger partial charge in [0.05, 0.1) is 18.2 Å². The van der Waals surface area contributed by atoms with Crippen LogP contribution in [0.5, 0.6) is 5.75 Å². The van der Waals surface area contributed by atoms with Gasteiger partial charge in [0.2, 0.25) is 0 Å². The Labute approximate surface area is 110 Å². The van der Waals surface area contributed by atoms with Gasteiger partial charge in [-0.05, 0) is 26.0 Å². The molecule has 0 atom stereocenters. The maximum absolute atomic E-state index is 12.0. The van der Waals surface area contributed by atoms with Gasteiger partial charge < -0.3 is 15.8 Å². The van der Waals surface area contributed by atoms with Crippen molar-refractivity contribution >= 4 is 33.0 Å². The molecular weight excluding hydrogens is 248 g/mol. The minimum Gasteiger partial charge on any atom is -0.496 e. The summed E-state index contributed by atoms with van der Waals surface area (Å²) in [6, 6.07) is 5.76. The van der Waals surface area contributed by atoms with Gasteiger partial charge in [-0.2, -0.15) is 0 Å². The second-order valence-electron chi connectivity index (χ2n) is 4.31. The fourth-order valence-corrected chi connectivity index (χ4v) is 2.85. The average Bonchev–Trinajstić information content (AvgIpc) is 2.66. The maximum Gasteiger partial charge on any atom is 0.263 e. The Morgan fingerprint density at radius 3 is 2.78 bits per heavy atom. The van der Waals surface area contributed by atoms with Crippen molar-refractivity contribution in [1.82, 2.24) is 5.32 Å². The van der Waals surface area contributed by atoms with Crippen LogP contribution in [-0.4, -0.2) is 19.1 Å². The van der Waals surface area contributed by atoms with Crippen LogP contribution in [0.2, 0.25) is 0 Å². The zero-order chi connectivity index (χ0) is 13.3. The number of carbonyl (C=O) groups is 1. The molecule has 0 bridgehead atoms. The molecule has 0 aliphatic rings. The number of thiophene rings is 1. The van der Waals surface area contributed by atoms with Crippen LogP contribution < -0.4 is 15.8 Å². The molecule has 18 heavy (non-hydrogen) atoms. The number of rotatable bonds is 3. The second kappa shape index (κ2) is 4.86. The topological polar surface area (TPSA) is 64.3 Å². The Balaban J connectivity index is 2.54. The summed E-state index contributed by atoms with van der Waals surface area (Å²) in [7, 11) is 1.60. The molecule has 4 nitrogen and oxygen atoms in total. The zero-order valence-electron chi connectivity index (χ0n) is 10.6. The number of hydrogen-bond donors (Lipinski definition) is 2. The summed E-state index contributed by atoms with van der Waals surface area (Å²) >= 11 is 1.39. The molecule has 0 aliphatic carbocycles. The van der Waals surface area contributed by atoms with Crippen LogP contribution in [0, 0.1) is 0 Å². The van der Waals surface area contributed by atoms with Gasteiger partial charge >= 0.3 is 0 Å². The number of ether oxygens (including phenoxy) is 1. The van der Waals surface area contributed by atoms with Crippen molar-refractivity contribution in [2.45, 2.75) is 19.9 Å². The lowest BCUT2D eigenvalue weighted by atomic mass is 10.2. The molecule has 96 valence electrons. The lowest BCUT2D eigenvalue weighted by Gasteiger charge is -2.07. The Morgan fingerprint density at radius 2 is 2.17 bits per heavy atom. The van der Waals surface area contributed by atoms with E-state index < -0.39 is 0 Å². The molecule has 1 aromatic heterocycles. The summed E-state index contributed by atoms with van der Waals surface area (Å²) in [5.41, 5.74) is 6.55. The van der Waals surface area contributed by atoms with E-state index in [2.05, 4.69) is 5.32 Å². The molecule has 1 aromatic carbocycles. The van der Waals surface area contributed by atoms with Crippen LogP contribution in [0.25, 0.3) is 10.1 Å². The van der Waals surface area contributed by atoms with Gasteiger partial charge in [0.25, 0.3) is 5.91 Å². The number of methoxy groups -OCH3 is 1. The predicted octanol–water partition coefficient (Wildman–Crippen LogP) is 2.63. The molecule has 0 aliphatic heterocycles. The van der Waals surface area contributed by atoms with E-state index >= 15 is 0 Å². The Bertz CT molecular complexity index is 590. The number of fused-ring (bicyclic) bond motifs is 1. The number of benzene rings is 1. The third kappa shape index (κ3) is 2.13. The monoisotopic (exact) mass is 264 g/mol. The van der Waals surface area contributed by atoms with Gasteiger partial charge in [0.1, 0.15) is 10.6 Å². The third-order valence-corrected chi connectivity index (χ3v) is 3.73. The number of nitrogens with one attached hydrogen (secondary N) is 1. The van der Waals surface area contributed by atoms with Gasteiger partial charge in [-0.3, -0.25) is 4.79 Å². The van der Waals surface area contributed by atoms with Gasteiger partial charge in [0.15, 0.2) is 0 Å². The minimum absolute atomic E-state index is 0.0870. The first-order chi connectivity index (χ1) is 8.54. The number of hydrogen-bond acceptors (Lipinski definition) is 4. The molecule has 2 aromatic rings. The lowest BCUT2D eigenvalue weighted by Crippen LogP contribution is -2.29. The number of anilines is 1. The van der Waals surface area contributed by atoms with Gasteiger partial charge in [-0.1, -0.05) is 6.07 Å². The zero-order valence-corrected chi connectivity index (χ0v) is 11.4.